The molecule has 0 heterocycles. The normalized spacial score (nSPS) is 12.0. The Kier molecular flexibility index (Phi) is 5.60. The van der Waals surface area contributed by atoms with Gasteiger partial charge in [0.15, 0.2) is 0 Å². The molecule has 2 aromatic rings. The lowest BCUT2D eigenvalue weighted by molar-refractivity contribution is 0.0996. The lowest BCUT2D eigenvalue weighted by Gasteiger charge is -2.12. The Morgan fingerprint density at radius 3 is 2.48 bits per heavy atom. The number of halogens is 1. The van der Waals surface area contributed by atoms with Crippen molar-refractivity contribution in [1.29, 1.82) is 0 Å². The lowest BCUT2D eigenvalue weighted by Crippen LogP contribution is -2.13. The number of rotatable bonds is 6. The van der Waals surface area contributed by atoms with Gasteiger partial charge in [0.1, 0.15) is 12.0 Å². The van der Waals surface area contributed by atoms with Gasteiger partial charge in [-0.3, -0.25) is 4.79 Å². The molecule has 0 bridgehead atoms. The van der Waals surface area contributed by atoms with Gasteiger partial charge in [0.2, 0.25) is 0 Å². The number of nitrogens with two attached hydrogens (primary N) is 2. The monoisotopic (exact) mass is 334 g/mol. The maximum absolute atomic E-state index is 11.6. The number of amides is 1. The van der Waals surface area contributed by atoms with Crippen LogP contribution >= 0.6 is 11.6 Å². The van der Waals surface area contributed by atoms with Crippen LogP contribution in [0.5, 0.6) is 5.75 Å². The molecule has 0 spiro atoms. The fourth-order valence-electron chi connectivity index (χ4n) is 2.19. The van der Waals surface area contributed by atoms with E-state index < -0.39 is 12.1 Å². The average Bonchev–Trinajstić information content (AvgIpc) is 2.52. The Labute approximate surface area is 139 Å². The summed E-state index contributed by atoms with van der Waals surface area (Å²) in [5, 5.41) is 9.77. The van der Waals surface area contributed by atoms with Gasteiger partial charge in [0, 0.05) is 10.6 Å². The van der Waals surface area contributed by atoms with Crippen LogP contribution in [0.25, 0.3) is 11.1 Å². The van der Waals surface area contributed by atoms with Gasteiger partial charge >= 0.3 is 0 Å². The molecule has 0 fully saturated rings. The summed E-state index contributed by atoms with van der Waals surface area (Å²) in [7, 11) is 0. The predicted molar refractivity (Wildman–Crippen MR) is 90.3 cm³/mol. The minimum atomic E-state index is -1.14. The van der Waals surface area contributed by atoms with Gasteiger partial charge in [0.05, 0.1) is 12.2 Å². The topological polar surface area (TPSA) is 98.6 Å². The number of benzene rings is 2. The van der Waals surface area contributed by atoms with Crippen LogP contribution in [-0.4, -0.2) is 17.6 Å². The smallest absolute Gasteiger partial charge is 0.252 e. The maximum Gasteiger partial charge on any atom is 0.252 e. The molecule has 5 nitrogen and oxygen atoms in total. The van der Waals surface area contributed by atoms with Gasteiger partial charge in [-0.15, -0.1) is 0 Å². The van der Waals surface area contributed by atoms with Gasteiger partial charge in [0.25, 0.3) is 5.91 Å². The minimum absolute atomic E-state index is 0.315. The minimum Gasteiger partial charge on any atom is -0.493 e. The zero-order chi connectivity index (χ0) is 17.0. The van der Waals surface area contributed by atoms with Gasteiger partial charge in [-0.2, -0.15) is 0 Å². The number of ether oxygens (including phenoxy) is 1. The molecule has 0 unspecified atom stereocenters. The van der Waals surface area contributed by atoms with E-state index in [1.54, 1.807) is 30.3 Å². The molecule has 2 aromatic carbocycles. The number of carbonyl (C=O) groups excluding carboxylic acids is 1. The molecule has 1 amide bonds. The highest BCUT2D eigenvalue weighted by atomic mass is 35.5. The van der Waals surface area contributed by atoms with E-state index in [0.717, 1.165) is 17.5 Å². The van der Waals surface area contributed by atoms with Gasteiger partial charge in [-0.05, 0) is 35.7 Å². The van der Waals surface area contributed by atoms with Crippen molar-refractivity contribution in [2.75, 3.05) is 6.61 Å². The van der Waals surface area contributed by atoms with E-state index in [4.69, 9.17) is 27.8 Å². The molecular formula is C17H19ClN2O3. The molecule has 0 aliphatic heterocycles. The Morgan fingerprint density at radius 2 is 1.91 bits per heavy atom. The molecular weight excluding hydrogens is 316 g/mol. The number of primary amides is 1. The molecule has 0 saturated heterocycles. The summed E-state index contributed by atoms with van der Waals surface area (Å²) in [6, 6.07) is 10.3. The molecule has 2 rings (SSSR count). The lowest BCUT2D eigenvalue weighted by atomic mass is 10.0. The molecule has 122 valence electrons. The summed E-state index contributed by atoms with van der Waals surface area (Å²) in [6.07, 6.45) is -0.305. The quantitative estimate of drug-likeness (QED) is 0.707. The van der Waals surface area contributed by atoms with E-state index in [2.05, 4.69) is 0 Å². The van der Waals surface area contributed by atoms with Crippen molar-refractivity contribution in [3.63, 3.8) is 0 Å². The highest BCUT2D eigenvalue weighted by Crippen LogP contribution is 2.30. The molecule has 0 radical (unpaired) electrons. The number of hydrogen-bond donors (Lipinski definition) is 3. The zero-order valence-electron chi connectivity index (χ0n) is 12.8. The summed E-state index contributed by atoms with van der Waals surface area (Å²) in [4.78, 5) is 11.6. The first kappa shape index (κ1) is 17.3. The third kappa shape index (κ3) is 4.01. The standard InChI is InChI=1S/C17H19ClN2O3/c1-2-7-23-15-6-4-10(8-13(15)17(20)22)11-3-5-12(16(19)21)14(18)9-11/h3-6,8-9,16,21H,2,7,19H2,1H3,(H2,20,22)/t16-/m0/s1. The van der Waals surface area contributed by atoms with Gasteiger partial charge in [-0.1, -0.05) is 36.7 Å². The van der Waals surface area contributed by atoms with Crippen LogP contribution in [0.3, 0.4) is 0 Å². The van der Waals surface area contributed by atoms with Crippen molar-refractivity contribution in [2.45, 2.75) is 19.6 Å². The van der Waals surface area contributed by atoms with Crippen molar-refractivity contribution in [3.05, 3.63) is 52.5 Å². The summed E-state index contributed by atoms with van der Waals surface area (Å²) in [5.41, 5.74) is 13.2. The third-order valence-electron chi connectivity index (χ3n) is 3.36. The molecule has 23 heavy (non-hydrogen) atoms. The summed E-state index contributed by atoms with van der Waals surface area (Å²) in [5.74, 6) is -0.0961. The fourth-order valence-corrected chi connectivity index (χ4v) is 2.48. The van der Waals surface area contributed by atoms with E-state index in [-0.39, 0.29) is 0 Å². The Morgan fingerprint density at radius 1 is 1.26 bits per heavy atom. The highest BCUT2D eigenvalue weighted by molar-refractivity contribution is 6.31. The van der Waals surface area contributed by atoms with Crippen LogP contribution in [0.15, 0.2) is 36.4 Å². The molecule has 1 atom stereocenters. The second-order valence-corrected chi connectivity index (χ2v) is 5.51. The van der Waals surface area contributed by atoms with Gasteiger partial charge < -0.3 is 21.3 Å². The van der Waals surface area contributed by atoms with Crippen molar-refractivity contribution >= 4 is 17.5 Å². The van der Waals surface area contributed by atoms with Crippen LogP contribution in [0.4, 0.5) is 0 Å². The first-order valence-corrected chi connectivity index (χ1v) is 7.62. The number of hydrogen-bond acceptors (Lipinski definition) is 4. The molecule has 0 saturated carbocycles. The van der Waals surface area contributed by atoms with Crippen molar-refractivity contribution < 1.29 is 14.6 Å². The van der Waals surface area contributed by atoms with Crippen molar-refractivity contribution in [3.8, 4) is 16.9 Å². The summed E-state index contributed by atoms with van der Waals surface area (Å²) < 4.78 is 5.54. The zero-order valence-corrected chi connectivity index (χ0v) is 13.5. The first-order chi connectivity index (χ1) is 10.9. The van der Waals surface area contributed by atoms with E-state index in [1.807, 2.05) is 13.0 Å². The number of aliphatic hydroxyl groups excluding tert-OH is 1. The SMILES string of the molecule is CCCOc1ccc(-c2ccc([C@@H](N)O)c(Cl)c2)cc1C(N)=O. The third-order valence-corrected chi connectivity index (χ3v) is 3.69. The average molecular weight is 335 g/mol. The molecule has 0 aromatic heterocycles. The van der Waals surface area contributed by atoms with Crippen LogP contribution < -0.4 is 16.2 Å². The van der Waals surface area contributed by atoms with Crippen LogP contribution in [0, 0.1) is 0 Å². The second-order valence-electron chi connectivity index (χ2n) is 5.10. The van der Waals surface area contributed by atoms with Crippen LogP contribution in [0.2, 0.25) is 5.02 Å². The largest absolute Gasteiger partial charge is 0.493 e. The van der Waals surface area contributed by atoms with Gasteiger partial charge in [-0.25, -0.2) is 0 Å². The number of aliphatic hydroxyl groups is 1. The molecule has 6 heteroatoms. The summed E-state index contributed by atoms with van der Waals surface area (Å²) in [6.45, 7) is 2.49. The van der Waals surface area contributed by atoms with Crippen LogP contribution in [-0.2, 0) is 0 Å². The van der Waals surface area contributed by atoms with E-state index >= 15 is 0 Å². The highest BCUT2D eigenvalue weighted by Gasteiger charge is 2.13. The van der Waals surface area contributed by atoms with E-state index in [0.29, 0.717) is 28.5 Å². The summed E-state index contributed by atoms with van der Waals surface area (Å²) >= 11 is 6.12. The Hall–Kier alpha value is -2.08. The van der Waals surface area contributed by atoms with Crippen molar-refractivity contribution in [2.24, 2.45) is 11.5 Å². The van der Waals surface area contributed by atoms with Crippen molar-refractivity contribution in [1.82, 2.24) is 0 Å². The maximum atomic E-state index is 11.6. The predicted octanol–water partition coefficient (Wildman–Crippen LogP) is 2.84. The second kappa shape index (κ2) is 7.46. The molecule has 5 N–H and O–H groups in total. The molecule has 0 aliphatic carbocycles. The van der Waals surface area contributed by atoms with E-state index in [9.17, 15) is 9.90 Å². The molecule has 0 aliphatic rings. The Balaban J connectivity index is 2.42. The number of carbonyl (C=O) groups is 1. The fraction of sp³-hybridized carbons (Fsp3) is 0.235. The first-order valence-electron chi connectivity index (χ1n) is 7.24. The Bertz CT molecular complexity index is 717. The van der Waals surface area contributed by atoms with Crippen LogP contribution in [0.1, 0.15) is 35.5 Å². The van der Waals surface area contributed by atoms with E-state index in [1.165, 1.54) is 0 Å².